The van der Waals surface area contributed by atoms with Crippen LogP contribution in [-0.4, -0.2) is 60.4 Å². The van der Waals surface area contributed by atoms with Crippen LogP contribution in [0.3, 0.4) is 0 Å². The third-order valence-corrected chi connectivity index (χ3v) is 4.90. The number of halogens is 1. The molecule has 2 aromatic rings. The van der Waals surface area contributed by atoms with Gasteiger partial charge in [-0.3, -0.25) is 4.90 Å². The molecule has 0 spiro atoms. The van der Waals surface area contributed by atoms with Crippen LogP contribution < -0.4 is 14.8 Å². The number of anilines is 1. The van der Waals surface area contributed by atoms with E-state index in [-0.39, 0.29) is 6.03 Å². The molecule has 0 atom stereocenters. The van der Waals surface area contributed by atoms with Crippen LogP contribution in [0.2, 0.25) is 5.02 Å². The molecule has 0 unspecified atom stereocenters. The van der Waals surface area contributed by atoms with E-state index in [0.29, 0.717) is 55.1 Å². The van der Waals surface area contributed by atoms with Crippen molar-refractivity contribution >= 4 is 23.3 Å². The van der Waals surface area contributed by atoms with Crippen molar-refractivity contribution in [3.8, 4) is 11.5 Å². The number of carbonyl (C=O) groups is 1. The van der Waals surface area contributed by atoms with E-state index in [0.717, 1.165) is 24.5 Å². The van der Waals surface area contributed by atoms with Crippen molar-refractivity contribution in [1.82, 2.24) is 15.0 Å². The highest BCUT2D eigenvalue weighted by molar-refractivity contribution is 6.34. The number of ether oxygens (including phenoxy) is 2. The number of carbonyl (C=O) groups excluding carboxylic acids is 1. The Kier molecular flexibility index (Phi) is 5.09. The van der Waals surface area contributed by atoms with Crippen LogP contribution in [0.4, 0.5) is 10.5 Å². The van der Waals surface area contributed by atoms with Crippen molar-refractivity contribution in [1.29, 1.82) is 0 Å². The maximum Gasteiger partial charge on any atom is 0.321 e. The molecule has 1 aromatic heterocycles. The number of urea groups is 1. The maximum absolute atomic E-state index is 12.6. The molecule has 0 bridgehead atoms. The molecule has 1 aromatic carbocycles. The fourth-order valence-electron chi connectivity index (χ4n) is 3.17. The van der Waals surface area contributed by atoms with E-state index < -0.39 is 0 Å². The Bertz CT molecular complexity index is 833. The summed E-state index contributed by atoms with van der Waals surface area (Å²) < 4.78 is 16.3. The van der Waals surface area contributed by atoms with Gasteiger partial charge < -0.3 is 24.2 Å². The van der Waals surface area contributed by atoms with Crippen LogP contribution >= 0.6 is 11.6 Å². The second-order valence-electron chi connectivity index (χ2n) is 6.60. The van der Waals surface area contributed by atoms with E-state index >= 15 is 0 Å². The summed E-state index contributed by atoms with van der Waals surface area (Å²) in [7, 11) is 0. The molecule has 3 heterocycles. The number of piperazine rings is 1. The summed E-state index contributed by atoms with van der Waals surface area (Å²) >= 11 is 6.27. The minimum Gasteiger partial charge on any atom is -0.486 e. The molecule has 1 saturated heterocycles. The number of amides is 2. The zero-order valence-electron chi connectivity index (χ0n) is 15.0. The summed E-state index contributed by atoms with van der Waals surface area (Å²) in [6, 6.07) is 5.13. The summed E-state index contributed by atoms with van der Waals surface area (Å²) in [5.74, 6) is 2.03. The molecule has 0 radical (unpaired) electrons. The van der Waals surface area contributed by atoms with E-state index in [9.17, 15) is 4.79 Å². The van der Waals surface area contributed by atoms with Gasteiger partial charge in [-0.25, -0.2) is 4.79 Å². The first-order valence-electron chi connectivity index (χ1n) is 8.88. The SMILES string of the molecule is Cc1cc(CN2CCN(C(=O)Nc3cc4c(cc3Cl)OCCO4)CC2)on1. The van der Waals surface area contributed by atoms with Crippen molar-refractivity contribution in [3.05, 3.63) is 34.7 Å². The number of benzene rings is 1. The van der Waals surface area contributed by atoms with E-state index in [1.807, 2.05) is 13.0 Å². The molecule has 4 rings (SSSR count). The molecule has 9 heteroatoms. The molecular formula is C18H21ClN4O4. The van der Waals surface area contributed by atoms with Crippen LogP contribution in [0.25, 0.3) is 0 Å². The fourth-order valence-corrected chi connectivity index (χ4v) is 3.38. The highest BCUT2D eigenvalue weighted by Crippen LogP contribution is 2.38. The maximum atomic E-state index is 12.6. The monoisotopic (exact) mass is 392 g/mol. The van der Waals surface area contributed by atoms with Gasteiger partial charge in [0.1, 0.15) is 13.2 Å². The van der Waals surface area contributed by atoms with Gasteiger partial charge in [0.05, 0.1) is 22.9 Å². The smallest absolute Gasteiger partial charge is 0.321 e. The Morgan fingerprint density at radius 1 is 1.15 bits per heavy atom. The Hall–Kier alpha value is -2.45. The minimum absolute atomic E-state index is 0.177. The first-order valence-corrected chi connectivity index (χ1v) is 9.26. The number of fused-ring (bicyclic) bond motifs is 1. The van der Waals surface area contributed by atoms with Gasteiger partial charge in [0.15, 0.2) is 17.3 Å². The minimum atomic E-state index is -0.177. The Labute approximate surface area is 161 Å². The van der Waals surface area contributed by atoms with Crippen LogP contribution in [0.15, 0.2) is 22.7 Å². The zero-order valence-corrected chi connectivity index (χ0v) is 15.8. The summed E-state index contributed by atoms with van der Waals surface area (Å²) in [6.07, 6.45) is 0. The highest BCUT2D eigenvalue weighted by atomic mass is 35.5. The molecule has 8 nitrogen and oxygen atoms in total. The average Bonchev–Trinajstić information content (AvgIpc) is 3.07. The second kappa shape index (κ2) is 7.66. The zero-order chi connectivity index (χ0) is 18.8. The van der Waals surface area contributed by atoms with E-state index in [2.05, 4.69) is 15.4 Å². The lowest BCUT2D eigenvalue weighted by Crippen LogP contribution is -2.49. The van der Waals surface area contributed by atoms with E-state index in [1.165, 1.54) is 0 Å². The first-order chi connectivity index (χ1) is 13.1. The number of hydrogen-bond donors (Lipinski definition) is 1. The standard InChI is InChI=1S/C18H21ClN4O4/c1-12-8-13(27-21-12)11-22-2-4-23(5-3-22)18(24)20-15-10-17-16(9-14(15)19)25-6-7-26-17/h8-10H,2-7,11H2,1H3,(H,20,24). The van der Waals surface area contributed by atoms with Gasteiger partial charge in [-0.15, -0.1) is 0 Å². The Morgan fingerprint density at radius 2 is 1.85 bits per heavy atom. The highest BCUT2D eigenvalue weighted by Gasteiger charge is 2.23. The first kappa shape index (κ1) is 17.9. The van der Waals surface area contributed by atoms with Crippen molar-refractivity contribution in [2.45, 2.75) is 13.5 Å². The molecule has 2 aliphatic rings. The predicted molar refractivity (Wildman–Crippen MR) is 99.6 cm³/mol. The molecule has 144 valence electrons. The molecule has 27 heavy (non-hydrogen) atoms. The van der Waals surface area contributed by atoms with E-state index in [4.69, 9.17) is 25.6 Å². The lowest BCUT2D eigenvalue weighted by Gasteiger charge is -2.34. The fraction of sp³-hybridized carbons (Fsp3) is 0.444. The van der Waals surface area contributed by atoms with Gasteiger partial charge in [0.2, 0.25) is 0 Å². The number of aryl methyl sites for hydroxylation is 1. The predicted octanol–water partition coefficient (Wildman–Crippen LogP) is 2.76. The number of rotatable bonds is 3. The molecule has 0 aliphatic carbocycles. The third kappa shape index (κ3) is 4.12. The quantitative estimate of drug-likeness (QED) is 0.865. The van der Waals surface area contributed by atoms with Crippen LogP contribution in [0, 0.1) is 6.92 Å². The molecule has 1 N–H and O–H groups in total. The van der Waals surface area contributed by atoms with Crippen molar-refractivity contribution in [2.24, 2.45) is 0 Å². The van der Waals surface area contributed by atoms with Crippen molar-refractivity contribution < 1.29 is 18.8 Å². The second-order valence-corrected chi connectivity index (χ2v) is 7.01. The Morgan fingerprint density at radius 3 is 2.52 bits per heavy atom. The summed E-state index contributed by atoms with van der Waals surface area (Å²) in [6.45, 7) is 6.36. The summed E-state index contributed by atoms with van der Waals surface area (Å²) in [5, 5.41) is 7.20. The number of aromatic nitrogens is 1. The van der Waals surface area contributed by atoms with Gasteiger partial charge in [-0.1, -0.05) is 16.8 Å². The van der Waals surface area contributed by atoms with Gasteiger partial charge in [-0.2, -0.15) is 0 Å². The summed E-state index contributed by atoms with van der Waals surface area (Å²) in [5.41, 5.74) is 1.39. The number of nitrogens with one attached hydrogen (secondary N) is 1. The molecule has 2 aliphatic heterocycles. The van der Waals surface area contributed by atoms with Crippen LogP contribution in [-0.2, 0) is 6.54 Å². The van der Waals surface area contributed by atoms with Crippen molar-refractivity contribution in [2.75, 3.05) is 44.7 Å². The van der Waals surface area contributed by atoms with Gasteiger partial charge in [0.25, 0.3) is 0 Å². The Balaban J connectivity index is 1.33. The topological polar surface area (TPSA) is 80.1 Å². The van der Waals surface area contributed by atoms with Gasteiger partial charge in [-0.05, 0) is 6.92 Å². The van der Waals surface area contributed by atoms with Gasteiger partial charge >= 0.3 is 6.03 Å². The lowest BCUT2D eigenvalue weighted by atomic mass is 10.2. The molecule has 1 fully saturated rings. The lowest BCUT2D eigenvalue weighted by molar-refractivity contribution is 0.134. The largest absolute Gasteiger partial charge is 0.486 e. The molecule has 2 amide bonds. The molecule has 0 saturated carbocycles. The van der Waals surface area contributed by atoms with Crippen LogP contribution in [0.5, 0.6) is 11.5 Å². The number of hydrogen-bond acceptors (Lipinski definition) is 6. The average molecular weight is 393 g/mol. The molecular weight excluding hydrogens is 372 g/mol. The summed E-state index contributed by atoms with van der Waals surface area (Å²) in [4.78, 5) is 16.6. The third-order valence-electron chi connectivity index (χ3n) is 4.59. The van der Waals surface area contributed by atoms with E-state index in [1.54, 1.807) is 17.0 Å². The van der Waals surface area contributed by atoms with Crippen LogP contribution in [0.1, 0.15) is 11.5 Å². The van der Waals surface area contributed by atoms with Crippen molar-refractivity contribution in [3.63, 3.8) is 0 Å². The van der Waals surface area contributed by atoms with Gasteiger partial charge in [0, 0.05) is 44.4 Å². The number of nitrogens with zero attached hydrogens (tertiary/aromatic N) is 3. The normalized spacial score (nSPS) is 17.0.